The SMILES string of the molecule is CC(C)C(=O)NCCNCC(O)c1ccc(O)c(NS(C)(=O)=O)c1.O.O=C(O)C(=O)O. The Morgan fingerprint density at radius 1 is 1.06 bits per heavy atom. The highest BCUT2D eigenvalue weighted by Crippen LogP contribution is 2.27. The van der Waals surface area contributed by atoms with Crippen molar-refractivity contribution in [1.82, 2.24) is 10.6 Å². The first-order valence-electron chi connectivity index (χ1n) is 8.68. The number of aliphatic hydroxyl groups is 1. The third-order valence-electron chi connectivity index (χ3n) is 3.35. The van der Waals surface area contributed by atoms with Crippen LogP contribution in [0, 0.1) is 5.92 Å². The highest BCUT2D eigenvalue weighted by Gasteiger charge is 2.13. The Morgan fingerprint density at radius 3 is 2.06 bits per heavy atom. The Kier molecular flexibility index (Phi) is 13.8. The second kappa shape index (κ2) is 14.1. The number of hydrogen-bond acceptors (Lipinski definition) is 8. The van der Waals surface area contributed by atoms with Crippen molar-refractivity contribution in [1.29, 1.82) is 0 Å². The molecule has 1 aromatic rings. The summed E-state index contributed by atoms with van der Waals surface area (Å²) < 4.78 is 24.7. The summed E-state index contributed by atoms with van der Waals surface area (Å²) in [6.07, 6.45) is 0.0919. The van der Waals surface area contributed by atoms with E-state index in [9.17, 15) is 23.4 Å². The van der Waals surface area contributed by atoms with Crippen molar-refractivity contribution in [2.24, 2.45) is 5.92 Å². The number of carboxylic acids is 2. The van der Waals surface area contributed by atoms with Crippen molar-refractivity contribution in [3.8, 4) is 5.75 Å². The second-order valence-corrected chi connectivity index (χ2v) is 8.18. The van der Waals surface area contributed by atoms with Gasteiger partial charge in [-0.3, -0.25) is 9.52 Å². The largest absolute Gasteiger partial charge is 0.506 e. The van der Waals surface area contributed by atoms with Crippen LogP contribution in [0.25, 0.3) is 0 Å². The fourth-order valence-corrected chi connectivity index (χ4v) is 2.44. The second-order valence-electron chi connectivity index (χ2n) is 6.43. The predicted molar refractivity (Wildman–Crippen MR) is 111 cm³/mol. The van der Waals surface area contributed by atoms with Gasteiger partial charge < -0.3 is 36.5 Å². The monoisotopic (exact) mass is 467 g/mol. The van der Waals surface area contributed by atoms with Gasteiger partial charge in [-0.2, -0.15) is 0 Å². The van der Waals surface area contributed by atoms with Gasteiger partial charge in [-0.1, -0.05) is 19.9 Å². The zero-order valence-corrected chi connectivity index (χ0v) is 18.1. The van der Waals surface area contributed by atoms with Gasteiger partial charge in [0.2, 0.25) is 15.9 Å². The Bertz CT molecular complexity index is 831. The lowest BCUT2D eigenvalue weighted by Crippen LogP contribution is -2.35. The van der Waals surface area contributed by atoms with Crippen molar-refractivity contribution in [2.75, 3.05) is 30.6 Å². The van der Waals surface area contributed by atoms with Crippen molar-refractivity contribution in [3.05, 3.63) is 23.8 Å². The molecular formula is C17H29N3O10S. The smallest absolute Gasteiger partial charge is 0.414 e. The van der Waals surface area contributed by atoms with Crippen LogP contribution in [0.4, 0.5) is 5.69 Å². The van der Waals surface area contributed by atoms with E-state index in [1.165, 1.54) is 18.2 Å². The Labute approximate surface area is 179 Å². The third kappa shape index (κ3) is 13.8. The molecule has 1 amide bonds. The van der Waals surface area contributed by atoms with Gasteiger partial charge in [0, 0.05) is 25.6 Å². The molecule has 0 fully saturated rings. The number of carbonyl (C=O) groups is 3. The molecule has 0 aliphatic heterocycles. The molecule has 9 N–H and O–H groups in total. The number of hydrogen-bond donors (Lipinski definition) is 7. The number of benzene rings is 1. The van der Waals surface area contributed by atoms with Crippen LogP contribution in [-0.4, -0.2) is 78.1 Å². The zero-order valence-electron chi connectivity index (χ0n) is 17.2. The molecule has 0 aliphatic rings. The molecule has 178 valence electrons. The standard InChI is InChI=1S/C15H25N3O5S.C2H2O4.H2O/c1-10(2)15(21)17-7-6-16-9-14(20)11-4-5-13(19)12(8-11)18-24(3,22)23;3-1(4)2(5)6;/h4-5,8,10,14,16,18-20H,6-7,9H2,1-3H3,(H,17,21);(H,3,4)(H,5,6);1H2. The highest BCUT2D eigenvalue weighted by molar-refractivity contribution is 7.92. The minimum Gasteiger partial charge on any atom is -0.506 e. The quantitative estimate of drug-likeness (QED) is 0.126. The first-order valence-corrected chi connectivity index (χ1v) is 10.6. The zero-order chi connectivity index (χ0) is 23.5. The number of carboxylic acid groups (broad SMARTS) is 2. The molecule has 1 rings (SSSR count). The van der Waals surface area contributed by atoms with Gasteiger partial charge in [-0.25, -0.2) is 18.0 Å². The number of phenols is 1. The van der Waals surface area contributed by atoms with Crippen LogP contribution in [0.2, 0.25) is 0 Å². The maximum atomic E-state index is 11.4. The minimum atomic E-state index is -3.53. The van der Waals surface area contributed by atoms with Crippen LogP contribution >= 0.6 is 0 Å². The lowest BCUT2D eigenvalue weighted by molar-refractivity contribution is -0.159. The molecule has 13 nitrogen and oxygen atoms in total. The van der Waals surface area contributed by atoms with Crippen LogP contribution in [0.3, 0.4) is 0 Å². The number of amides is 1. The number of aliphatic hydroxyl groups excluding tert-OH is 1. The number of anilines is 1. The van der Waals surface area contributed by atoms with Gasteiger partial charge in [-0.15, -0.1) is 0 Å². The van der Waals surface area contributed by atoms with Gasteiger partial charge in [-0.05, 0) is 17.7 Å². The van der Waals surface area contributed by atoms with E-state index in [2.05, 4.69) is 15.4 Å². The van der Waals surface area contributed by atoms with Crippen molar-refractivity contribution in [3.63, 3.8) is 0 Å². The molecule has 1 aromatic carbocycles. The van der Waals surface area contributed by atoms with E-state index in [1.54, 1.807) is 13.8 Å². The Hall–Kier alpha value is -2.94. The number of carbonyl (C=O) groups excluding carboxylic acids is 1. The van der Waals surface area contributed by atoms with Crippen LogP contribution < -0.4 is 15.4 Å². The first kappa shape index (κ1) is 30.3. The van der Waals surface area contributed by atoms with Gasteiger partial charge in [0.1, 0.15) is 5.75 Å². The maximum absolute atomic E-state index is 11.4. The average molecular weight is 467 g/mol. The van der Waals surface area contributed by atoms with Gasteiger partial charge >= 0.3 is 11.9 Å². The Morgan fingerprint density at radius 2 is 1.61 bits per heavy atom. The molecule has 1 unspecified atom stereocenters. The van der Waals surface area contributed by atoms with E-state index >= 15 is 0 Å². The molecule has 0 radical (unpaired) electrons. The van der Waals surface area contributed by atoms with Gasteiger partial charge in [0.15, 0.2) is 0 Å². The summed E-state index contributed by atoms with van der Waals surface area (Å²) in [7, 11) is -3.53. The number of sulfonamides is 1. The topological polar surface area (TPSA) is 234 Å². The number of phenolic OH excluding ortho intramolecular Hbond substituents is 1. The van der Waals surface area contributed by atoms with Gasteiger partial charge in [0.25, 0.3) is 0 Å². The summed E-state index contributed by atoms with van der Waals surface area (Å²) in [5.41, 5.74) is 0.468. The van der Waals surface area contributed by atoms with E-state index in [0.717, 1.165) is 6.26 Å². The lowest BCUT2D eigenvalue weighted by atomic mass is 10.1. The summed E-state index contributed by atoms with van der Waals surface area (Å²) in [6.45, 7) is 4.77. The maximum Gasteiger partial charge on any atom is 0.414 e. The summed E-state index contributed by atoms with van der Waals surface area (Å²) in [6, 6.07) is 4.20. The number of aliphatic carboxylic acids is 2. The molecule has 0 spiro atoms. The minimum absolute atomic E-state index is 0. The summed E-state index contributed by atoms with van der Waals surface area (Å²) >= 11 is 0. The van der Waals surface area contributed by atoms with Crippen LogP contribution in [0.15, 0.2) is 18.2 Å². The summed E-state index contributed by atoms with van der Waals surface area (Å²) in [5, 5.41) is 40.3. The summed E-state index contributed by atoms with van der Waals surface area (Å²) in [5.74, 6) is -3.98. The third-order valence-corrected chi connectivity index (χ3v) is 3.94. The molecule has 0 aliphatic carbocycles. The number of rotatable bonds is 9. The summed E-state index contributed by atoms with van der Waals surface area (Å²) in [4.78, 5) is 29.6. The first-order chi connectivity index (χ1) is 13.7. The number of nitrogens with one attached hydrogen (secondary N) is 3. The molecule has 1 atom stereocenters. The fraction of sp³-hybridized carbons (Fsp3) is 0.471. The van der Waals surface area contributed by atoms with Gasteiger partial charge in [0.05, 0.1) is 18.0 Å². The van der Waals surface area contributed by atoms with E-state index < -0.39 is 28.1 Å². The van der Waals surface area contributed by atoms with E-state index in [0.29, 0.717) is 18.7 Å². The van der Waals surface area contributed by atoms with Crippen LogP contribution in [-0.2, 0) is 24.4 Å². The predicted octanol–water partition coefficient (Wildman–Crippen LogP) is -1.51. The molecule has 31 heavy (non-hydrogen) atoms. The van der Waals surface area contributed by atoms with Crippen LogP contribution in [0.5, 0.6) is 5.75 Å². The molecule has 0 aromatic heterocycles. The molecule has 14 heteroatoms. The van der Waals surface area contributed by atoms with E-state index in [-0.39, 0.29) is 35.3 Å². The lowest BCUT2D eigenvalue weighted by Gasteiger charge is -2.15. The van der Waals surface area contributed by atoms with Crippen molar-refractivity contribution >= 4 is 33.6 Å². The molecule has 0 saturated carbocycles. The molecule has 0 saturated heterocycles. The molecule has 0 heterocycles. The van der Waals surface area contributed by atoms with Crippen LogP contribution in [0.1, 0.15) is 25.5 Å². The average Bonchev–Trinajstić information content (AvgIpc) is 2.62. The normalized spacial score (nSPS) is 11.4. The van der Waals surface area contributed by atoms with Crippen molar-refractivity contribution < 1.29 is 48.7 Å². The van der Waals surface area contributed by atoms with E-state index in [4.69, 9.17) is 19.8 Å². The molecule has 0 bridgehead atoms. The molecular weight excluding hydrogens is 438 g/mol. The highest BCUT2D eigenvalue weighted by atomic mass is 32.2. The van der Waals surface area contributed by atoms with E-state index in [1.807, 2.05) is 0 Å². The number of aromatic hydroxyl groups is 1. The fourth-order valence-electron chi connectivity index (χ4n) is 1.88. The van der Waals surface area contributed by atoms with Crippen molar-refractivity contribution in [2.45, 2.75) is 20.0 Å². The Balaban J connectivity index is 0.